The number of hydrogen-bond donors (Lipinski definition) is 2. The van der Waals surface area contributed by atoms with Crippen molar-refractivity contribution < 1.29 is 27.1 Å². The van der Waals surface area contributed by atoms with Gasteiger partial charge in [0.25, 0.3) is 15.9 Å². The van der Waals surface area contributed by atoms with Crippen LogP contribution in [0.4, 0.5) is 10.1 Å². The van der Waals surface area contributed by atoms with Crippen molar-refractivity contribution in [3.05, 3.63) is 94.3 Å². The van der Waals surface area contributed by atoms with E-state index in [0.717, 1.165) is 6.07 Å². The summed E-state index contributed by atoms with van der Waals surface area (Å²) in [4.78, 5) is 24.2. The zero-order valence-corrected chi connectivity index (χ0v) is 18.3. The van der Waals surface area contributed by atoms with Gasteiger partial charge in [-0.15, -0.1) is 0 Å². The maximum Gasteiger partial charge on any atom is 0.337 e. The van der Waals surface area contributed by atoms with Gasteiger partial charge < -0.3 is 10.1 Å². The van der Waals surface area contributed by atoms with E-state index in [9.17, 15) is 22.4 Å². The monoisotopic (exact) mass is 476 g/mol. The van der Waals surface area contributed by atoms with E-state index in [4.69, 9.17) is 16.3 Å². The van der Waals surface area contributed by atoms with Crippen molar-refractivity contribution in [3.8, 4) is 0 Å². The van der Waals surface area contributed by atoms with Gasteiger partial charge in [0.15, 0.2) is 0 Å². The predicted octanol–water partition coefficient (Wildman–Crippen LogP) is 4.00. The van der Waals surface area contributed by atoms with E-state index in [0.29, 0.717) is 5.56 Å². The van der Waals surface area contributed by atoms with E-state index in [-0.39, 0.29) is 33.3 Å². The third-order valence-corrected chi connectivity index (χ3v) is 6.21. The summed E-state index contributed by atoms with van der Waals surface area (Å²) in [6.45, 7) is -0.0546. The first kappa shape index (κ1) is 23.2. The van der Waals surface area contributed by atoms with E-state index in [1.807, 2.05) is 0 Å². The zero-order valence-electron chi connectivity index (χ0n) is 16.8. The average Bonchev–Trinajstić information content (AvgIpc) is 2.76. The molecule has 0 aliphatic rings. The van der Waals surface area contributed by atoms with Gasteiger partial charge in [0.1, 0.15) is 10.7 Å². The van der Waals surface area contributed by atoms with Crippen LogP contribution in [-0.2, 0) is 21.3 Å². The van der Waals surface area contributed by atoms with Gasteiger partial charge in [-0.3, -0.25) is 9.52 Å². The number of esters is 1. The molecule has 0 aliphatic carbocycles. The molecule has 166 valence electrons. The van der Waals surface area contributed by atoms with E-state index in [1.165, 1.54) is 61.7 Å². The fourth-order valence-electron chi connectivity index (χ4n) is 2.88. The van der Waals surface area contributed by atoms with Crippen LogP contribution in [0.25, 0.3) is 0 Å². The lowest BCUT2D eigenvalue weighted by molar-refractivity contribution is 0.0600. The number of rotatable bonds is 7. The molecule has 3 rings (SSSR count). The number of ether oxygens (including phenoxy) is 1. The Morgan fingerprint density at radius 1 is 1.00 bits per heavy atom. The van der Waals surface area contributed by atoms with Crippen LogP contribution in [-0.4, -0.2) is 27.4 Å². The van der Waals surface area contributed by atoms with Crippen molar-refractivity contribution in [2.45, 2.75) is 11.4 Å². The summed E-state index contributed by atoms with van der Waals surface area (Å²) >= 11 is 6.00. The molecular weight excluding hydrogens is 459 g/mol. The molecule has 3 aromatic carbocycles. The Kier molecular flexibility index (Phi) is 7.12. The minimum absolute atomic E-state index is 0.0340. The van der Waals surface area contributed by atoms with E-state index in [2.05, 4.69) is 10.0 Å². The summed E-state index contributed by atoms with van der Waals surface area (Å²) in [7, 11) is -2.86. The maximum absolute atomic E-state index is 13.3. The summed E-state index contributed by atoms with van der Waals surface area (Å²) in [5.74, 6) is -1.78. The summed E-state index contributed by atoms with van der Waals surface area (Å²) in [6.07, 6.45) is 0. The first-order chi connectivity index (χ1) is 15.2. The van der Waals surface area contributed by atoms with Gasteiger partial charge >= 0.3 is 5.97 Å². The van der Waals surface area contributed by atoms with Crippen LogP contribution in [0.2, 0.25) is 5.02 Å². The lowest BCUT2D eigenvalue weighted by atomic mass is 10.1. The Hall–Kier alpha value is -3.43. The molecule has 0 saturated heterocycles. The minimum Gasteiger partial charge on any atom is -0.465 e. The second-order valence-electron chi connectivity index (χ2n) is 6.64. The number of halogens is 2. The molecule has 10 heteroatoms. The first-order valence-corrected chi connectivity index (χ1v) is 11.1. The largest absolute Gasteiger partial charge is 0.465 e. The van der Waals surface area contributed by atoms with E-state index >= 15 is 0 Å². The lowest BCUT2D eigenvalue weighted by Gasteiger charge is -2.13. The van der Waals surface area contributed by atoms with Gasteiger partial charge in [0.05, 0.1) is 23.4 Å². The van der Waals surface area contributed by atoms with Crippen molar-refractivity contribution >= 4 is 39.2 Å². The number of benzene rings is 3. The highest BCUT2D eigenvalue weighted by atomic mass is 35.5. The molecule has 3 aromatic rings. The quantitative estimate of drug-likeness (QED) is 0.502. The fraction of sp³-hybridized carbons (Fsp3) is 0.0909. The summed E-state index contributed by atoms with van der Waals surface area (Å²) in [5, 5.41) is 2.64. The van der Waals surface area contributed by atoms with Gasteiger partial charge in [-0.1, -0.05) is 29.8 Å². The third-order valence-electron chi connectivity index (χ3n) is 4.33. The van der Waals surface area contributed by atoms with Gasteiger partial charge in [-0.25, -0.2) is 17.6 Å². The van der Waals surface area contributed by atoms with Crippen LogP contribution in [0.15, 0.2) is 71.6 Å². The molecule has 0 spiro atoms. The highest BCUT2D eigenvalue weighted by Crippen LogP contribution is 2.25. The zero-order chi connectivity index (χ0) is 23.3. The van der Waals surface area contributed by atoms with Crippen LogP contribution < -0.4 is 10.0 Å². The molecule has 0 unspecified atom stereocenters. The SMILES string of the molecule is COC(=O)c1cc(CNC(=O)c2cccc(F)c2)cc(NS(=O)(=O)c2ccccc2Cl)c1. The lowest BCUT2D eigenvalue weighted by Crippen LogP contribution is -2.23. The molecule has 0 bridgehead atoms. The van der Waals surface area contributed by atoms with Crippen LogP contribution in [0.1, 0.15) is 26.3 Å². The van der Waals surface area contributed by atoms with Crippen LogP contribution in [0.5, 0.6) is 0 Å². The minimum atomic E-state index is -4.05. The van der Waals surface area contributed by atoms with Gasteiger partial charge in [0, 0.05) is 12.1 Å². The topological polar surface area (TPSA) is 102 Å². The summed E-state index contributed by atoms with van der Waals surface area (Å²) < 4.78 is 45.9. The molecule has 0 atom stereocenters. The average molecular weight is 477 g/mol. The number of anilines is 1. The molecule has 32 heavy (non-hydrogen) atoms. The normalized spacial score (nSPS) is 11.0. The van der Waals surface area contributed by atoms with E-state index in [1.54, 1.807) is 6.07 Å². The number of hydrogen-bond acceptors (Lipinski definition) is 5. The molecule has 0 heterocycles. The Morgan fingerprint density at radius 3 is 2.44 bits per heavy atom. The molecule has 0 aliphatic heterocycles. The first-order valence-electron chi connectivity index (χ1n) is 9.23. The van der Waals surface area contributed by atoms with Gasteiger partial charge in [-0.05, 0) is 54.1 Å². The summed E-state index contributed by atoms with van der Waals surface area (Å²) in [6, 6.07) is 15.3. The number of methoxy groups -OCH3 is 1. The molecule has 0 radical (unpaired) electrons. The van der Waals surface area contributed by atoms with Gasteiger partial charge in [-0.2, -0.15) is 0 Å². The molecule has 1 amide bonds. The highest BCUT2D eigenvalue weighted by Gasteiger charge is 2.19. The molecule has 0 saturated carbocycles. The number of amides is 1. The van der Waals surface area contributed by atoms with Gasteiger partial charge in [0.2, 0.25) is 0 Å². The van der Waals surface area contributed by atoms with Crippen molar-refractivity contribution in [2.75, 3.05) is 11.8 Å². The van der Waals surface area contributed by atoms with Crippen LogP contribution in [0.3, 0.4) is 0 Å². The summed E-state index contributed by atoms with van der Waals surface area (Å²) in [5.41, 5.74) is 0.674. The molecule has 7 nitrogen and oxygen atoms in total. The molecule has 2 N–H and O–H groups in total. The van der Waals surface area contributed by atoms with Crippen molar-refractivity contribution in [1.82, 2.24) is 5.32 Å². The number of nitrogens with one attached hydrogen (secondary N) is 2. The van der Waals surface area contributed by atoms with Crippen molar-refractivity contribution in [2.24, 2.45) is 0 Å². The van der Waals surface area contributed by atoms with Crippen LogP contribution >= 0.6 is 11.6 Å². The van der Waals surface area contributed by atoms with E-state index < -0.39 is 27.7 Å². The second kappa shape index (κ2) is 9.80. The molecule has 0 fully saturated rings. The van der Waals surface area contributed by atoms with Crippen LogP contribution in [0, 0.1) is 5.82 Å². The Morgan fingerprint density at radius 2 is 1.75 bits per heavy atom. The predicted molar refractivity (Wildman–Crippen MR) is 118 cm³/mol. The fourth-order valence-corrected chi connectivity index (χ4v) is 4.44. The number of sulfonamides is 1. The Balaban J connectivity index is 1.87. The maximum atomic E-state index is 13.3. The molecule has 0 aromatic heterocycles. The number of carbonyl (C=O) groups is 2. The Labute approximate surface area is 189 Å². The molecular formula is C22H18ClFN2O5S. The smallest absolute Gasteiger partial charge is 0.337 e. The third kappa shape index (κ3) is 5.63. The second-order valence-corrected chi connectivity index (χ2v) is 8.70. The standard InChI is InChI=1S/C22H18ClFN2O5S/c1-31-22(28)16-9-14(13-25-21(27)15-5-4-6-17(24)11-15)10-18(12-16)26-32(29,30)20-8-3-2-7-19(20)23/h2-12,26H,13H2,1H3,(H,25,27). The highest BCUT2D eigenvalue weighted by molar-refractivity contribution is 7.92. The number of carbonyl (C=O) groups excluding carboxylic acids is 2. The van der Waals surface area contributed by atoms with Crippen molar-refractivity contribution in [3.63, 3.8) is 0 Å². The van der Waals surface area contributed by atoms with Crippen molar-refractivity contribution in [1.29, 1.82) is 0 Å². The Bertz CT molecular complexity index is 1280.